The lowest BCUT2D eigenvalue weighted by Crippen LogP contribution is -2.42. The summed E-state index contributed by atoms with van der Waals surface area (Å²) < 4.78 is 10.7. The Labute approximate surface area is 169 Å². The normalized spacial score (nSPS) is 14.5. The Balaban J connectivity index is 1.38. The fourth-order valence-corrected chi connectivity index (χ4v) is 2.69. The molecule has 0 saturated carbocycles. The lowest BCUT2D eigenvalue weighted by molar-refractivity contribution is -0.123. The lowest BCUT2D eigenvalue weighted by Gasteiger charge is -2.25. The van der Waals surface area contributed by atoms with Gasteiger partial charge in [-0.05, 0) is 42.0 Å². The summed E-state index contributed by atoms with van der Waals surface area (Å²) in [6.07, 6.45) is 1.56. The highest BCUT2D eigenvalue weighted by atomic mass is 16.5. The van der Waals surface area contributed by atoms with Crippen LogP contribution in [0.25, 0.3) is 0 Å². The minimum absolute atomic E-state index is 0.0834. The van der Waals surface area contributed by atoms with Gasteiger partial charge >= 0.3 is 0 Å². The van der Waals surface area contributed by atoms with Crippen molar-refractivity contribution in [3.05, 3.63) is 60.2 Å². The largest absolute Gasteiger partial charge is 0.484 e. The van der Waals surface area contributed by atoms with Crippen LogP contribution in [0.3, 0.4) is 0 Å². The third-order valence-electron chi connectivity index (χ3n) is 4.18. The highest BCUT2D eigenvalue weighted by Crippen LogP contribution is 2.11. The monoisotopic (exact) mass is 396 g/mol. The van der Waals surface area contributed by atoms with Gasteiger partial charge in [-0.1, -0.05) is 18.2 Å². The van der Waals surface area contributed by atoms with Gasteiger partial charge < -0.3 is 14.8 Å². The van der Waals surface area contributed by atoms with E-state index in [2.05, 4.69) is 15.8 Å². The van der Waals surface area contributed by atoms with Gasteiger partial charge in [0.25, 0.3) is 11.8 Å². The predicted molar refractivity (Wildman–Crippen MR) is 110 cm³/mol. The number of hydrogen-bond acceptors (Lipinski definition) is 6. The number of ether oxygens (including phenoxy) is 2. The van der Waals surface area contributed by atoms with Crippen LogP contribution in [0, 0.1) is 0 Å². The van der Waals surface area contributed by atoms with Crippen LogP contribution < -0.4 is 15.5 Å². The number of nitrogens with one attached hydrogen (secondary N) is 2. The zero-order chi connectivity index (χ0) is 20.3. The van der Waals surface area contributed by atoms with Crippen LogP contribution in [-0.4, -0.2) is 62.4 Å². The summed E-state index contributed by atoms with van der Waals surface area (Å²) in [4.78, 5) is 25.8. The third kappa shape index (κ3) is 7.36. The standard InChI is InChI=1S/C21H24N4O4/c26-20(15-25-10-12-28-13-11-25)24-22-14-17-6-8-19(9-7-17)29-16-21(27)23-18-4-2-1-3-5-18/h1-9,14H,10-13,15-16H2,(H,23,27)(H,24,26)/b22-14+. The molecular weight excluding hydrogens is 372 g/mol. The quantitative estimate of drug-likeness (QED) is 0.521. The number of anilines is 1. The third-order valence-corrected chi connectivity index (χ3v) is 4.18. The molecule has 1 saturated heterocycles. The number of nitrogens with zero attached hydrogens (tertiary/aromatic N) is 2. The Hall–Kier alpha value is -3.23. The molecule has 1 aliphatic rings. The van der Waals surface area contributed by atoms with E-state index in [0.29, 0.717) is 25.5 Å². The van der Waals surface area contributed by atoms with Gasteiger partial charge in [-0.2, -0.15) is 5.10 Å². The minimum atomic E-state index is -0.232. The van der Waals surface area contributed by atoms with Gasteiger partial charge in [0.15, 0.2) is 6.61 Å². The number of carbonyl (C=O) groups excluding carboxylic acids is 2. The van der Waals surface area contributed by atoms with Crippen molar-refractivity contribution in [2.45, 2.75) is 0 Å². The minimum Gasteiger partial charge on any atom is -0.484 e. The zero-order valence-electron chi connectivity index (χ0n) is 16.0. The molecule has 152 valence electrons. The number of hydrazone groups is 1. The maximum absolute atomic E-state index is 11.9. The molecule has 2 aromatic carbocycles. The van der Waals surface area contributed by atoms with E-state index < -0.39 is 0 Å². The van der Waals surface area contributed by atoms with Crippen molar-refractivity contribution in [2.24, 2.45) is 5.10 Å². The average molecular weight is 396 g/mol. The van der Waals surface area contributed by atoms with E-state index in [1.807, 2.05) is 35.2 Å². The summed E-state index contributed by atoms with van der Waals surface area (Å²) in [5.74, 6) is 0.180. The molecule has 0 atom stereocenters. The van der Waals surface area contributed by atoms with Crippen molar-refractivity contribution in [3.8, 4) is 5.75 Å². The Morgan fingerprint density at radius 1 is 1.03 bits per heavy atom. The van der Waals surface area contributed by atoms with Gasteiger partial charge in [-0.15, -0.1) is 0 Å². The van der Waals surface area contributed by atoms with Crippen LogP contribution in [0.4, 0.5) is 5.69 Å². The molecule has 2 aromatic rings. The van der Waals surface area contributed by atoms with Gasteiger partial charge in [-0.3, -0.25) is 14.5 Å². The van der Waals surface area contributed by atoms with Crippen LogP contribution in [0.2, 0.25) is 0 Å². The summed E-state index contributed by atoms with van der Waals surface area (Å²) in [5.41, 5.74) is 4.05. The average Bonchev–Trinajstić information content (AvgIpc) is 2.75. The lowest BCUT2D eigenvalue weighted by atomic mass is 10.2. The number of para-hydroxylation sites is 1. The molecular formula is C21H24N4O4. The molecule has 2 N–H and O–H groups in total. The van der Waals surface area contributed by atoms with Crippen molar-refractivity contribution in [1.82, 2.24) is 10.3 Å². The Kier molecular flexibility index (Phi) is 7.73. The molecule has 0 aromatic heterocycles. The molecule has 0 unspecified atom stereocenters. The second-order valence-corrected chi connectivity index (χ2v) is 6.45. The predicted octanol–water partition coefficient (Wildman–Crippen LogP) is 1.49. The second-order valence-electron chi connectivity index (χ2n) is 6.45. The Bertz CT molecular complexity index is 818. The molecule has 8 heteroatoms. The van der Waals surface area contributed by atoms with Gasteiger partial charge in [0, 0.05) is 18.8 Å². The maximum atomic E-state index is 11.9. The van der Waals surface area contributed by atoms with E-state index in [4.69, 9.17) is 9.47 Å². The highest BCUT2D eigenvalue weighted by molar-refractivity contribution is 5.91. The first-order valence-electron chi connectivity index (χ1n) is 9.39. The summed E-state index contributed by atoms with van der Waals surface area (Å²) in [5, 5.41) is 6.73. The Morgan fingerprint density at radius 3 is 2.48 bits per heavy atom. The molecule has 3 rings (SSSR count). The number of benzene rings is 2. The molecule has 0 aliphatic carbocycles. The van der Waals surface area contributed by atoms with E-state index in [1.165, 1.54) is 0 Å². The van der Waals surface area contributed by atoms with Crippen LogP contribution in [0.15, 0.2) is 59.7 Å². The van der Waals surface area contributed by atoms with Crippen LogP contribution in [0.5, 0.6) is 5.75 Å². The Morgan fingerprint density at radius 2 is 1.76 bits per heavy atom. The SMILES string of the molecule is O=C(CN1CCOCC1)N/N=C/c1ccc(OCC(=O)Nc2ccccc2)cc1. The summed E-state index contributed by atoms with van der Waals surface area (Å²) in [6, 6.07) is 16.3. The maximum Gasteiger partial charge on any atom is 0.262 e. The molecule has 8 nitrogen and oxygen atoms in total. The van der Waals surface area contributed by atoms with Gasteiger partial charge in [0.2, 0.25) is 0 Å². The molecule has 0 bridgehead atoms. The van der Waals surface area contributed by atoms with Gasteiger partial charge in [0.05, 0.1) is 26.0 Å². The molecule has 0 radical (unpaired) electrons. The number of morpholine rings is 1. The van der Waals surface area contributed by atoms with E-state index >= 15 is 0 Å². The zero-order valence-corrected chi connectivity index (χ0v) is 16.0. The van der Waals surface area contributed by atoms with Crippen molar-refractivity contribution in [1.29, 1.82) is 0 Å². The molecule has 1 heterocycles. The fourth-order valence-electron chi connectivity index (χ4n) is 2.69. The number of hydrogen-bond donors (Lipinski definition) is 2. The van der Waals surface area contributed by atoms with Gasteiger partial charge in [-0.25, -0.2) is 5.43 Å². The van der Waals surface area contributed by atoms with Crippen molar-refractivity contribution in [2.75, 3.05) is 44.8 Å². The van der Waals surface area contributed by atoms with Crippen LogP contribution in [-0.2, 0) is 14.3 Å². The first kappa shape index (κ1) is 20.5. The van der Waals surface area contributed by atoms with Crippen LogP contribution >= 0.6 is 0 Å². The van der Waals surface area contributed by atoms with Crippen LogP contribution in [0.1, 0.15) is 5.56 Å². The van der Waals surface area contributed by atoms with Gasteiger partial charge in [0.1, 0.15) is 5.75 Å². The first-order chi connectivity index (χ1) is 14.2. The highest BCUT2D eigenvalue weighted by Gasteiger charge is 2.13. The molecule has 0 spiro atoms. The summed E-state index contributed by atoms with van der Waals surface area (Å²) in [6.45, 7) is 3.03. The smallest absolute Gasteiger partial charge is 0.262 e. The van der Waals surface area contributed by atoms with E-state index in [9.17, 15) is 9.59 Å². The summed E-state index contributed by atoms with van der Waals surface area (Å²) in [7, 11) is 0. The van der Waals surface area contributed by atoms with Crippen molar-refractivity contribution < 1.29 is 19.1 Å². The van der Waals surface area contributed by atoms with Crippen molar-refractivity contribution >= 4 is 23.7 Å². The summed E-state index contributed by atoms with van der Waals surface area (Å²) >= 11 is 0. The second kappa shape index (κ2) is 10.9. The molecule has 29 heavy (non-hydrogen) atoms. The molecule has 1 fully saturated rings. The molecule has 1 aliphatic heterocycles. The number of rotatable bonds is 8. The van der Waals surface area contributed by atoms with E-state index in [0.717, 1.165) is 24.3 Å². The van der Waals surface area contributed by atoms with E-state index in [-0.39, 0.29) is 18.4 Å². The molecule has 2 amide bonds. The van der Waals surface area contributed by atoms with E-state index in [1.54, 1.807) is 30.5 Å². The number of carbonyl (C=O) groups is 2. The van der Waals surface area contributed by atoms with Crippen molar-refractivity contribution in [3.63, 3.8) is 0 Å². The fraction of sp³-hybridized carbons (Fsp3) is 0.286. The topological polar surface area (TPSA) is 92.3 Å². The first-order valence-corrected chi connectivity index (χ1v) is 9.39. The number of amides is 2.